The second-order valence-electron chi connectivity index (χ2n) is 5.56. The zero-order valence-corrected chi connectivity index (χ0v) is 12.2. The van der Waals surface area contributed by atoms with E-state index in [1.54, 1.807) is 40.0 Å². The van der Waals surface area contributed by atoms with E-state index in [0.29, 0.717) is 5.56 Å². The number of carbonyl (C=O) groups is 2. The Balaban J connectivity index is 2.88. The largest absolute Gasteiger partial charge is 0.481 e. The van der Waals surface area contributed by atoms with Crippen molar-refractivity contribution in [1.29, 1.82) is 0 Å². The number of nitrogens with zero attached hydrogens (tertiary/aromatic N) is 1. The lowest BCUT2D eigenvalue weighted by molar-refractivity contribution is -0.143. The van der Waals surface area contributed by atoms with E-state index in [9.17, 15) is 14.0 Å². The number of likely N-dealkylation sites (N-methyl/N-ethyl adjacent to an activating group) is 1. The number of carboxylic acids is 1. The van der Waals surface area contributed by atoms with Crippen LogP contribution < -0.4 is 0 Å². The van der Waals surface area contributed by atoms with Gasteiger partial charge in [-0.25, -0.2) is 4.39 Å². The van der Waals surface area contributed by atoms with Crippen molar-refractivity contribution in [2.45, 2.75) is 26.2 Å². The molecule has 4 nitrogen and oxygen atoms in total. The van der Waals surface area contributed by atoms with Gasteiger partial charge >= 0.3 is 5.97 Å². The Morgan fingerprint density at radius 3 is 2.25 bits per heavy atom. The van der Waals surface area contributed by atoms with Crippen LogP contribution in [0.3, 0.4) is 0 Å². The first-order valence-electron chi connectivity index (χ1n) is 6.40. The van der Waals surface area contributed by atoms with Gasteiger partial charge in [-0.3, -0.25) is 9.59 Å². The average Bonchev–Trinajstić information content (AvgIpc) is 2.37. The summed E-state index contributed by atoms with van der Waals surface area (Å²) in [5.74, 6) is -2.13. The molecule has 0 bridgehead atoms. The zero-order chi connectivity index (χ0) is 15.5. The molecule has 1 aromatic rings. The zero-order valence-electron chi connectivity index (χ0n) is 12.2. The van der Waals surface area contributed by atoms with Gasteiger partial charge in [-0.2, -0.15) is 0 Å². The maximum absolute atomic E-state index is 12.9. The molecular formula is C15H20FNO3. The van der Waals surface area contributed by atoms with E-state index in [0.717, 1.165) is 0 Å². The van der Waals surface area contributed by atoms with E-state index in [1.807, 2.05) is 0 Å². The first-order valence-corrected chi connectivity index (χ1v) is 6.40. The van der Waals surface area contributed by atoms with Crippen LogP contribution in [0.5, 0.6) is 0 Å². The molecule has 0 aromatic heterocycles. The third-order valence-corrected chi connectivity index (χ3v) is 3.42. The number of benzene rings is 1. The molecule has 1 rings (SSSR count). The van der Waals surface area contributed by atoms with E-state index >= 15 is 0 Å². The normalized spacial score (nSPS) is 12.8. The molecule has 0 aliphatic carbocycles. The van der Waals surface area contributed by atoms with Gasteiger partial charge < -0.3 is 10.0 Å². The summed E-state index contributed by atoms with van der Waals surface area (Å²) in [6.45, 7) is 5.17. The van der Waals surface area contributed by atoms with E-state index in [4.69, 9.17) is 5.11 Å². The highest BCUT2D eigenvalue weighted by Gasteiger charge is 2.33. The smallest absolute Gasteiger partial charge is 0.308 e. The third kappa shape index (κ3) is 3.56. The fourth-order valence-electron chi connectivity index (χ4n) is 2.04. The van der Waals surface area contributed by atoms with Crippen molar-refractivity contribution in [3.63, 3.8) is 0 Å². The molecule has 110 valence electrons. The highest BCUT2D eigenvalue weighted by molar-refractivity contribution is 5.87. The van der Waals surface area contributed by atoms with Crippen LogP contribution in [0.25, 0.3) is 0 Å². The van der Waals surface area contributed by atoms with Gasteiger partial charge in [0.05, 0.1) is 11.3 Å². The summed E-state index contributed by atoms with van der Waals surface area (Å²) in [4.78, 5) is 24.7. The van der Waals surface area contributed by atoms with Gasteiger partial charge in [0.1, 0.15) is 5.82 Å². The van der Waals surface area contributed by atoms with Crippen LogP contribution >= 0.6 is 0 Å². The van der Waals surface area contributed by atoms with Crippen molar-refractivity contribution < 1.29 is 19.1 Å². The fourth-order valence-corrected chi connectivity index (χ4v) is 2.04. The first-order chi connectivity index (χ1) is 9.16. The van der Waals surface area contributed by atoms with Crippen molar-refractivity contribution >= 4 is 11.9 Å². The van der Waals surface area contributed by atoms with Crippen LogP contribution in [-0.2, 0) is 15.0 Å². The molecule has 1 aromatic carbocycles. The fraction of sp³-hybridized carbons (Fsp3) is 0.467. The number of halogens is 1. The summed E-state index contributed by atoms with van der Waals surface area (Å²) in [6.07, 6.45) is 0. The summed E-state index contributed by atoms with van der Waals surface area (Å²) in [5.41, 5.74) is -0.139. The average molecular weight is 281 g/mol. The van der Waals surface area contributed by atoms with Gasteiger partial charge in [0, 0.05) is 13.6 Å². The van der Waals surface area contributed by atoms with Crippen molar-refractivity contribution in [2.24, 2.45) is 5.92 Å². The predicted octanol–water partition coefficient (Wildman–Crippen LogP) is 2.28. The summed E-state index contributed by atoms with van der Waals surface area (Å²) in [7, 11) is 1.58. The molecule has 1 N–H and O–H groups in total. The highest BCUT2D eigenvalue weighted by atomic mass is 19.1. The molecule has 1 amide bonds. The van der Waals surface area contributed by atoms with Crippen LogP contribution in [0.15, 0.2) is 24.3 Å². The number of carboxylic acid groups (broad SMARTS) is 1. The maximum Gasteiger partial charge on any atom is 0.308 e. The van der Waals surface area contributed by atoms with E-state index < -0.39 is 17.3 Å². The second kappa shape index (κ2) is 6.03. The molecule has 0 radical (unpaired) electrons. The number of amides is 1. The molecule has 1 unspecified atom stereocenters. The van der Waals surface area contributed by atoms with Gasteiger partial charge in [-0.1, -0.05) is 19.1 Å². The lowest BCUT2D eigenvalue weighted by atomic mass is 9.83. The lowest BCUT2D eigenvalue weighted by Crippen LogP contribution is -2.43. The number of hydrogen-bond acceptors (Lipinski definition) is 2. The number of carbonyl (C=O) groups excluding carboxylic acids is 1. The highest BCUT2D eigenvalue weighted by Crippen LogP contribution is 2.25. The van der Waals surface area contributed by atoms with Gasteiger partial charge in [-0.15, -0.1) is 0 Å². The summed E-state index contributed by atoms with van der Waals surface area (Å²) < 4.78 is 12.9. The SMILES string of the molecule is CC(CN(C)C(=O)C(C)(C)c1ccc(F)cc1)C(=O)O. The molecule has 20 heavy (non-hydrogen) atoms. The van der Waals surface area contributed by atoms with Crippen LogP contribution in [0.1, 0.15) is 26.3 Å². The van der Waals surface area contributed by atoms with Crippen LogP contribution in [0.4, 0.5) is 4.39 Å². The number of hydrogen-bond donors (Lipinski definition) is 1. The van der Waals surface area contributed by atoms with Crippen molar-refractivity contribution in [3.8, 4) is 0 Å². The molecule has 0 aliphatic rings. The molecule has 0 aliphatic heterocycles. The second-order valence-corrected chi connectivity index (χ2v) is 5.56. The van der Waals surface area contributed by atoms with E-state index in [2.05, 4.69) is 0 Å². The standard InChI is InChI=1S/C15H20FNO3/c1-10(13(18)19)9-17(4)14(20)15(2,3)11-5-7-12(16)8-6-11/h5-8,10H,9H2,1-4H3,(H,18,19). The third-order valence-electron chi connectivity index (χ3n) is 3.42. The topological polar surface area (TPSA) is 57.6 Å². The number of rotatable bonds is 5. The van der Waals surface area contributed by atoms with E-state index in [1.165, 1.54) is 17.0 Å². The minimum Gasteiger partial charge on any atom is -0.481 e. The van der Waals surface area contributed by atoms with Gasteiger partial charge in [0.25, 0.3) is 0 Å². The minimum absolute atomic E-state index is 0.138. The Morgan fingerprint density at radius 1 is 1.30 bits per heavy atom. The van der Waals surface area contributed by atoms with Crippen LogP contribution in [0, 0.1) is 11.7 Å². The first kappa shape index (κ1) is 16.1. The Kier molecular flexibility index (Phi) is 4.87. The van der Waals surface area contributed by atoms with Gasteiger partial charge in [0.2, 0.25) is 5.91 Å². The Bertz CT molecular complexity index is 496. The quantitative estimate of drug-likeness (QED) is 0.900. The molecule has 0 fully saturated rings. The molecule has 0 saturated heterocycles. The molecule has 5 heteroatoms. The molecule has 0 saturated carbocycles. The predicted molar refractivity (Wildman–Crippen MR) is 73.9 cm³/mol. The monoisotopic (exact) mass is 281 g/mol. The van der Waals surface area contributed by atoms with E-state index in [-0.39, 0.29) is 18.3 Å². The van der Waals surface area contributed by atoms with Crippen molar-refractivity contribution in [1.82, 2.24) is 4.90 Å². The Labute approximate surface area is 118 Å². The Hall–Kier alpha value is -1.91. The van der Waals surface area contributed by atoms with Crippen molar-refractivity contribution in [3.05, 3.63) is 35.6 Å². The van der Waals surface area contributed by atoms with Crippen LogP contribution in [0.2, 0.25) is 0 Å². The van der Waals surface area contributed by atoms with Crippen molar-refractivity contribution in [2.75, 3.05) is 13.6 Å². The Morgan fingerprint density at radius 2 is 1.80 bits per heavy atom. The lowest BCUT2D eigenvalue weighted by Gasteiger charge is -2.30. The minimum atomic E-state index is -0.941. The molecular weight excluding hydrogens is 261 g/mol. The molecule has 0 spiro atoms. The molecule has 1 atom stereocenters. The summed E-state index contributed by atoms with van der Waals surface area (Å²) in [6, 6.07) is 5.76. The van der Waals surface area contributed by atoms with Gasteiger partial charge in [0.15, 0.2) is 0 Å². The molecule has 0 heterocycles. The van der Waals surface area contributed by atoms with Gasteiger partial charge in [-0.05, 0) is 31.5 Å². The summed E-state index contributed by atoms with van der Waals surface area (Å²) >= 11 is 0. The van der Waals surface area contributed by atoms with Crippen LogP contribution in [-0.4, -0.2) is 35.5 Å². The maximum atomic E-state index is 12.9. The summed E-state index contributed by atoms with van der Waals surface area (Å²) in [5, 5.41) is 8.88. The number of aliphatic carboxylic acids is 1.